The molecule has 31 heavy (non-hydrogen) atoms. The predicted molar refractivity (Wildman–Crippen MR) is 118 cm³/mol. The lowest BCUT2D eigenvalue weighted by Crippen LogP contribution is -2.12. The van der Waals surface area contributed by atoms with Crippen LogP contribution in [0.1, 0.15) is 46.4 Å². The van der Waals surface area contributed by atoms with Gasteiger partial charge >= 0.3 is 0 Å². The first kappa shape index (κ1) is 20.4. The molecular formula is C25H23N5O. The molecule has 4 rings (SSSR count). The van der Waals surface area contributed by atoms with Crippen molar-refractivity contribution in [3.63, 3.8) is 0 Å². The summed E-state index contributed by atoms with van der Waals surface area (Å²) in [6, 6.07) is 15.7. The molecule has 0 saturated carbocycles. The molecule has 0 bridgehead atoms. The van der Waals surface area contributed by atoms with E-state index in [1.54, 1.807) is 0 Å². The van der Waals surface area contributed by atoms with Gasteiger partial charge in [-0.25, -0.2) is 4.98 Å². The number of aromatic nitrogens is 2. The summed E-state index contributed by atoms with van der Waals surface area (Å²) in [5.74, 6) is 1.80. The number of nitrogens with one attached hydrogen (secondary N) is 1. The molecule has 3 aromatic rings. The lowest BCUT2D eigenvalue weighted by atomic mass is 9.97. The van der Waals surface area contributed by atoms with Crippen molar-refractivity contribution < 1.29 is 4.74 Å². The third-order valence-corrected chi connectivity index (χ3v) is 5.43. The highest BCUT2D eigenvalue weighted by molar-refractivity contribution is 5.56. The summed E-state index contributed by atoms with van der Waals surface area (Å²) in [7, 11) is 0. The van der Waals surface area contributed by atoms with Crippen molar-refractivity contribution in [2.24, 2.45) is 0 Å². The van der Waals surface area contributed by atoms with Gasteiger partial charge in [-0.15, -0.1) is 0 Å². The number of hydrogen-bond donors (Lipinski definition) is 1. The quantitative estimate of drug-likeness (QED) is 0.602. The summed E-state index contributed by atoms with van der Waals surface area (Å²) in [5, 5.41) is 21.3. The third-order valence-electron chi connectivity index (χ3n) is 5.43. The van der Waals surface area contributed by atoms with Crippen LogP contribution in [0, 0.1) is 36.5 Å². The van der Waals surface area contributed by atoms with Crippen LogP contribution in [0.2, 0.25) is 0 Å². The number of nitriles is 2. The van der Waals surface area contributed by atoms with E-state index in [1.807, 2.05) is 50.2 Å². The first-order valence-corrected chi connectivity index (χ1v) is 10.4. The van der Waals surface area contributed by atoms with E-state index in [2.05, 4.69) is 17.5 Å². The molecule has 2 aromatic carbocycles. The summed E-state index contributed by atoms with van der Waals surface area (Å²) >= 11 is 0. The number of aryl methyl sites for hydroxylation is 3. The molecule has 0 unspecified atom stereocenters. The van der Waals surface area contributed by atoms with Gasteiger partial charge in [0.15, 0.2) is 0 Å². The Kier molecular flexibility index (Phi) is 5.82. The lowest BCUT2D eigenvalue weighted by Gasteiger charge is -2.20. The number of rotatable bonds is 5. The van der Waals surface area contributed by atoms with Crippen LogP contribution in [0.4, 0.5) is 11.6 Å². The summed E-state index contributed by atoms with van der Waals surface area (Å²) in [4.78, 5) is 9.44. The van der Waals surface area contributed by atoms with E-state index in [4.69, 9.17) is 20.0 Å². The molecule has 6 nitrogen and oxygen atoms in total. The first-order chi connectivity index (χ1) is 15.1. The Morgan fingerprint density at radius 2 is 1.71 bits per heavy atom. The Morgan fingerprint density at radius 3 is 2.39 bits per heavy atom. The minimum Gasteiger partial charge on any atom is -0.438 e. The molecule has 154 valence electrons. The molecule has 1 aliphatic carbocycles. The minimum atomic E-state index is 0.386. The van der Waals surface area contributed by atoms with E-state index in [9.17, 15) is 5.26 Å². The zero-order chi connectivity index (χ0) is 21.8. The van der Waals surface area contributed by atoms with Crippen molar-refractivity contribution in [3.8, 4) is 23.8 Å². The average Bonchev–Trinajstić information content (AvgIpc) is 2.77. The molecule has 0 amide bonds. The molecule has 1 aromatic heterocycles. The number of nitrogens with zero attached hydrogens (tertiary/aromatic N) is 4. The summed E-state index contributed by atoms with van der Waals surface area (Å²) < 4.78 is 6.33. The van der Waals surface area contributed by atoms with Gasteiger partial charge in [-0.2, -0.15) is 15.5 Å². The van der Waals surface area contributed by atoms with E-state index < -0.39 is 0 Å². The fraction of sp³-hybridized carbons (Fsp3) is 0.280. The topological polar surface area (TPSA) is 94.6 Å². The van der Waals surface area contributed by atoms with Crippen LogP contribution in [-0.2, 0) is 19.3 Å². The van der Waals surface area contributed by atoms with Gasteiger partial charge in [0.25, 0.3) is 0 Å². The van der Waals surface area contributed by atoms with E-state index in [0.717, 1.165) is 65.1 Å². The minimum absolute atomic E-state index is 0.386. The van der Waals surface area contributed by atoms with Gasteiger partial charge in [-0.1, -0.05) is 12.1 Å². The van der Waals surface area contributed by atoms with Crippen molar-refractivity contribution in [3.05, 3.63) is 69.9 Å². The van der Waals surface area contributed by atoms with Crippen LogP contribution >= 0.6 is 0 Å². The Balaban J connectivity index is 1.68. The van der Waals surface area contributed by atoms with Crippen LogP contribution in [0.25, 0.3) is 0 Å². The van der Waals surface area contributed by atoms with E-state index in [-0.39, 0.29) is 0 Å². The fourth-order valence-corrected chi connectivity index (χ4v) is 3.90. The Hall–Kier alpha value is -3.90. The van der Waals surface area contributed by atoms with Gasteiger partial charge in [0.05, 0.1) is 29.8 Å². The molecule has 1 heterocycles. The molecule has 0 saturated heterocycles. The van der Waals surface area contributed by atoms with Crippen molar-refractivity contribution in [1.82, 2.24) is 9.97 Å². The second kappa shape index (κ2) is 8.85. The van der Waals surface area contributed by atoms with Gasteiger partial charge in [0.2, 0.25) is 11.8 Å². The zero-order valence-electron chi connectivity index (χ0n) is 17.7. The average molecular weight is 409 g/mol. The maximum Gasteiger partial charge on any atom is 0.230 e. The van der Waals surface area contributed by atoms with Gasteiger partial charge < -0.3 is 10.1 Å². The Morgan fingerprint density at radius 1 is 1.00 bits per heavy atom. The van der Waals surface area contributed by atoms with Crippen molar-refractivity contribution in [2.45, 2.75) is 46.0 Å². The molecule has 0 radical (unpaired) electrons. The molecule has 6 heteroatoms. The van der Waals surface area contributed by atoms with Crippen LogP contribution in [0.3, 0.4) is 0 Å². The van der Waals surface area contributed by atoms with Crippen LogP contribution in [0.5, 0.6) is 11.6 Å². The monoisotopic (exact) mass is 409 g/mol. The zero-order valence-corrected chi connectivity index (χ0v) is 17.7. The van der Waals surface area contributed by atoms with Gasteiger partial charge in [0, 0.05) is 11.3 Å². The summed E-state index contributed by atoms with van der Waals surface area (Å²) in [5.41, 5.74) is 6.33. The van der Waals surface area contributed by atoms with Crippen LogP contribution in [-0.4, -0.2) is 9.97 Å². The fourth-order valence-electron chi connectivity index (χ4n) is 3.90. The smallest absolute Gasteiger partial charge is 0.230 e. The molecule has 1 N–H and O–H groups in total. The largest absolute Gasteiger partial charge is 0.438 e. The second-order valence-corrected chi connectivity index (χ2v) is 7.79. The molecule has 0 atom stereocenters. The van der Waals surface area contributed by atoms with Crippen molar-refractivity contribution in [1.29, 1.82) is 10.5 Å². The number of hydrogen-bond acceptors (Lipinski definition) is 6. The molecule has 0 aliphatic heterocycles. The molecular weight excluding hydrogens is 386 g/mol. The highest BCUT2D eigenvalue weighted by Crippen LogP contribution is 2.35. The standard InChI is InChI=1S/C25H23N5O/c1-16-13-19(15-27)14-17(2)23(16)31-24-21-5-3-4-6-22(21)29-25(30-24)28-20-9-7-18(8-10-20)11-12-26/h7-10,13-14H,3-6,11H2,1-2H3,(H,28,29,30). The van der Waals surface area contributed by atoms with Crippen LogP contribution < -0.4 is 10.1 Å². The molecule has 0 spiro atoms. The van der Waals surface area contributed by atoms with Gasteiger partial charge in [-0.3, -0.25) is 0 Å². The first-order valence-electron chi connectivity index (χ1n) is 10.4. The predicted octanol–water partition coefficient (Wildman–Crippen LogP) is 5.45. The van der Waals surface area contributed by atoms with E-state index in [1.165, 1.54) is 0 Å². The molecule has 1 aliphatic rings. The number of fused-ring (bicyclic) bond motifs is 1. The third kappa shape index (κ3) is 4.49. The van der Waals surface area contributed by atoms with Gasteiger partial charge in [0.1, 0.15) is 5.75 Å². The SMILES string of the molecule is Cc1cc(C#N)cc(C)c1Oc1nc(Nc2ccc(CC#N)cc2)nc2c1CCCC2. The normalized spacial score (nSPS) is 12.4. The van der Waals surface area contributed by atoms with Crippen molar-refractivity contribution in [2.75, 3.05) is 5.32 Å². The Bertz CT molecular complexity index is 1180. The van der Waals surface area contributed by atoms with E-state index >= 15 is 0 Å². The highest BCUT2D eigenvalue weighted by Gasteiger charge is 2.21. The van der Waals surface area contributed by atoms with E-state index in [0.29, 0.717) is 23.8 Å². The molecule has 0 fully saturated rings. The number of anilines is 2. The Labute approximate surface area is 182 Å². The maximum absolute atomic E-state index is 9.21. The summed E-state index contributed by atoms with van der Waals surface area (Å²) in [6.45, 7) is 3.89. The second-order valence-electron chi connectivity index (χ2n) is 7.79. The van der Waals surface area contributed by atoms with Crippen LogP contribution in [0.15, 0.2) is 36.4 Å². The number of benzene rings is 2. The highest BCUT2D eigenvalue weighted by atomic mass is 16.5. The maximum atomic E-state index is 9.21. The van der Waals surface area contributed by atoms with Crippen molar-refractivity contribution >= 4 is 11.6 Å². The van der Waals surface area contributed by atoms with Gasteiger partial charge in [-0.05, 0) is 80.5 Å². The number of ether oxygens (including phenoxy) is 1. The lowest BCUT2D eigenvalue weighted by molar-refractivity contribution is 0.442. The summed E-state index contributed by atoms with van der Waals surface area (Å²) in [6.07, 6.45) is 4.36.